The maximum Gasteiger partial charge on any atom is 0.273 e. The number of carbonyl (C=O) groups is 3. The van der Waals surface area contributed by atoms with Gasteiger partial charge >= 0.3 is 0 Å². The number of carbonyl (C=O) groups excluding carboxylic acids is 3. The molecule has 4 rings (SSSR count). The predicted octanol–water partition coefficient (Wildman–Crippen LogP) is 3.58. The molecule has 1 aliphatic carbocycles. The number of amides is 3. The molecule has 0 aliphatic heterocycles. The van der Waals surface area contributed by atoms with Crippen molar-refractivity contribution in [2.45, 2.75) is 51.1 Å². The molecular weight excluding hydrogens is 510 g/mol. The Morgan fingerprint density at radius 2 is 1.87 bits per heavy atom. The van der Waals surface area contributed by atoms with Gasteiger partial charge in [0, 0.05) is 12.1 Å². The lowest BCUT2D eigenvalue weighted by molar-refractivity contribution is -0.123. The third-order valence-electron chi connectivity index (χ3n) is 6.51. The van der Waals surface area contributed by atoms with E-state index in [0.29, 0.717) is 17.3 Å². The van der Waals surface area contributed by atoms with Crippen LogP contribution in [0.1, 0.15) is 69.8 Å². The van der Waals surface area contributed by atoms with Crippen molar-refractivity contribution < 1.29 is 28.3 Å². The highest BCUT2D eigenvalue weighted by atomic mass is 32.1. The monoisotopic (exact) mass is 541 g/mol. The van der Waals surface area contributed by atoms with Crippen LogP contribution in [-0.4, -0.2) is 42.4 Å². The van der Waals surface area contributed by atoms with Gasteiger partial charge in [0.2, 0.25) is 0 Å². The minimum Gasteiger partial charge on any atom is -0.497 e. The molecular formula is C26H31N5O6S. The molecule has 2 heterocycles. The van der Waals surface area contributed by atoms with E-state index in [1.165, 1.54) is 19.1 Å². The van der Waals surface area contributed by atoms with Crippen LogP contribution in [0.3, 0.4) is 0 Å². The van der Waals surface area contributed by atoms with Crippen molar-refractivity contribution in [3.05, 3.63) is 52.4 Å². The Kier molecular flexibility index (Phi) is 8.20. The smallest absolute Gasteiger partial charge is 0.273 e. The van der Waals surface area contributed by atoms with Gasteiger partial charge in [-0.1, -0.05) is 19.3 Å². The zero-order valence-corrected chi connectivity index (χ0v) is 22.3. The Bertz CT molecular complexity index is 1330. The molecule has 0 spiro atoms. The molecule has 0 radical (unpaired) electrons. The molecule has 11 nitrogen and oxygen atoms in total. The summed E-state index contributed by atoms with van der Waals surface area (Å²) in [5.41, 5.74) is 11.4. The average molecular weight is 542 g/mol. The van der Waals surface area contributed by atoms with E-state index >= 15 is 0 Å². The van der Waals surface area contributed by atoms with E-state index in [1.54, 1.807) is 37.3 Å². The molecule has 1 unspecified atom stereocenters. The Morgan fingerprint density at radius 1 is 1.13 bits per heavy atom. The molecule has 2 aromatic heterocycles. The summed E-state index contributed by atoms with van der Waals surface area (Å²) in [6, 6.07) is 6.98. The lowest BCUT2D eigenvalue weighted by atomic mass is 9.95. The second-order valence-corrected chi connectivity index (χ2v) is 9.82. The second-order valence-electron chi connectivity index (χ2n) is 9.05. The molecule has 1 aliphatic rings. The summed E-state index contributed by atoms with van der Waals surface area (Å²) < 4.78 is 20.9. The van der Waals surface area contributed by atoms with Crippen molar-refractivity contribution in [3.8, 4) is 11.5 Å². The summed E-state index contributed by atoms with van der Waals surface area (Å²) in [7, 11) is 2.94. The second kappa shape index (κ2) is 11.5. The van der Waals surface area contributed by atoms with Gasteiger partial charge < -0.3 is 30.7 Å². The molecule has 1 atom stereocenters. The summed E-state index contributed by atoms with van der Waals surface area (Å²) in [4.78, 5) is 41.2. The van der Waals surface area contributed by atoms with E-state index in [4.69, 9.17) is 25.4 Å². The maximum absolute atomic E-state index is 14.2. The minimum absolute atomic E-state index is 0.0334. The van der Waals surface area contributed by atoms with Crippen LogP contribution in [-0.2, 0) is 4.79 Å². The molecule has 38 heavy (non-hydrogen) atoms. The highest BCUT2D eigenvalue weighted by Crippen LogP contribution is 2.40. The molecule has 0 saturated heterocycles. The first-order chi connectivity index (χ1) is 18.2. The summed E-state index contributed by atoms with van der Waals surface area (Å²) in [6.07, 6.45) is 4.82. The minimum atomic E-state index is -1.24. The molecule has 1 saturated carbocycles. The van der Waals surface area contributed by atoms with Crippen molar-refractivity contribution >= 4 is 40.6 Å². The van der Waals surface area contributed by atoms with Crippen molar-refractivity contribution in [1.82, 2.24) is 9.69 Å². The van der Waals surface area contributed by atoms with E-state index < -0.39 is 23.8 Å². The summed E-state index contributed by atoms with van der Waals surface area (Å²) in [5, 5.41) is 3.10. The Labute approximate surface area is 224 Å². The molecule has 3 amide bonds. The van der Waals surface area contributed by atoms with Gasteiger partial charge in [0.1, 0.15) is 27.9 Å². The van der Waals surface area contributed by atoms with Crippen LogP contribution in [0.5, 0.6) is 11.5 Å². The molecule has 0 bridgehead atoms. The number of nitrogens with zero attached hydrogens (tertiary/aromatic N) is 2. The van der Waals surface area contributed by atoms with E-state index in [1.807, 2.05) is 0 Å². The summed E-state index contributed by atoms with van der Waals surface area (Å²) in [5.74, 6) is -0.441. The van der Waals surface area contributed by atoms with E-state index in [9.17, 15) is 14.4 Å². The first kappa shape index (κ1) is 27.0. The van der Waals surface area contributed by atoms with Crippen molar-refractivity contribution in [2.24, 2.45) is 5.73 Å². The number of hydrogen-bond acceptors (Lipinski definition) is 9. The van der Waals surface area contributed by atoms with Gasteiger partial charge in [-0.15, -0.1) is 0 Å². The molecule has 5 N–H and O–H groups in total. The topological polar surface area (TPSA) is 163 Å². The summed E-state index contributed by atoms with van der Waals surface area (Å²) in [6.45, 7) is 1.75. The highest BCUT2D eigenvalue weighted by Gasteiger charge is 2.40. The predicted molar refractivity (Wildman–Crippen MR) is 143 cm³/mol. The van der Waals surface area contributed by atoms with E-state index in [-0.39, 0.29) is 33.7 Å². The van der Waals surface area contributed by atoms with Gasteiger partial charge in [-0.2, -0.15) is 4.37 Å². The van der Waals surface area contributed by atoms with Crippen molar-refractivity contribution in [2.75, 3.05) is 24.9 Å². The number of hydrogen-bond donors (Lipinski definition) is 3. The van der Waals surface area contributed by atoms with Gasteiger partial charge in [0.25, 0.3) is 17.7 Å². The van der Waals surface area contributed by atoms with Crippen LogP contribution in [0.25, 0.3) is 0 Å². The third-order valence-corrected chi connectivity index (χ3v) is 7.36. The number of benzene rings is 1. The van der Waals surface area contributed by atoms with Crippen LogP contribution in [0, 0.1) is 6.92 Å². The average Bonchev–Trinajstić information content (AvgIpc) is 3.52. The van der Waals surface area contributed by atoms with Crippen molar-refractivity contribution in [1.29, 1.82) is 0 Å². The first-order valence-electron chi connectivity index (χ1n) is 12.2. The van der Waals surface area contributed by atoms with E-state index in [0.717, 1.165) is 43.6 Å². The molecule has 1 aromatic carbocycles. The number of aryl methyl sites for hydroxylation is 1. The molecule has 202 valence electrons. The number of anilines is 2. The van der Waals surface area contributed by atoms with Crippen LogP contribution in [0.2, 0.25) is 0 Å². The quantitative estimate of drug-likeness (QED) is 0.370. The number of primary amides is 1. The van der Waals surface area contributed by atoms with Gasteiger partial charge in [-0.05, 0) is 55.6 Å². The molecule has 3 aromatic rings. The van der Waals surface area contributed by atoms with Crippen molar-refractivity contribution in [3.63, 3.8) is 0 Å². The largest absolute Gasteiger partial charge is 0.497 e. The number of aromatic nitrogens is 1. The van der Waals surface area contributed by atoms with Crippen LogP contribution in [0.15, 0.2) is 34.7 Å². The highest BCUT2D eigenvalue weighted by molar-refractivity contribution is 7.09. The number of nitrogens with one attached hydrogen (secondary N) is 1. The summed E-state index contributed by atoms with van der Waals surface area (Å²) >= 11 is 0.723. The normalized spacial score (nSPS) is 14.5. The number of ether oxygens (including phenoxy) is 2. The van der Waals surface area contributed by atoms with Gasteiger partial charge in [0.05, 0.1) is 25.6 Å². The number of nitrogen functional groups attached to an aromatic ring is 1. The zero-order valence-electron chi connectivity index (χ0n) is 21.5. The van der Waals surface area contributed by atoms with Crippen LogP contribution < -0.4 is 31.2 Å². The Morgan fingerprint density at radius 3 is 2.45 bits per heavy atom. The SMILES string of the molecule is COc1ccc(OC)c(N(C(=O)c2snc(C(N)=O)c2N)C(C(=O)NC2CCCCC2)c2ccc(C)o2)c1. The van der Waals surface area contributed by atoms with Gasteiger partial charge in [-0.25, -0.2) is 0 Å². The lowest BCUT2D eigenvalue weighted by Gasteiger charge is -2.32. The lowest BCUT2D eigenvalue weighted by Crippen LogP contribution is -2.47. The zero-order chi connectivity index (χ0) is 27.4. The first-order valence-corrected chi connectivity index (χ1v) is 13.0. The van der Waals surface area contributed by atoms with Crippen LogP contribution in [0.4, 0.5) is 11.4 Å². The number of methoxy groups -OCH3 is 2. The van der Waals surface area contributed by atoms with Gasteiger partial charge in [-0.3, -0.25) is 19.3 Å². The fraction of sp³-hybridized carbons (Fsp3) is 0.385. The standard InChI is InChI=1S/C26H31N5O6S/c1-14-9-11-19(37-14)22(25(33)29-15-7-5-4-6-8-15)31(17-13-16(35-2)10-12-18(17)36-3)26(34)23-20(27)21(24(28)32)30-38-23/h9-13,15,22H,4-8,27H2,1-3H3,(H2,28,32)(H,29,33). The Hall–Kier alpha value is -4.06. The van der Waals surface area contributed by atoms with Gasteiger partial charge in [0.15, 0.2) is 11.7 Å². The molecule has 12 heteroatoms. The fourth-order valence-electron chi connectivity index (χ4n) is 4.59. The maximum atomic E-state index is 14.2. The molecule has 1 fully saturated rings. The van der Waals surface area contributed by atoms with Crippen LogP contribution >= 0.6 is 11.5 Å². The fourth-order valence-corrected chi connectivity index (χ4v) is 5.33. The number of nitrogens with two attached hydrogens (primary N) is 2. The number of rotatable bonds is 9. The number of furan rings is 1. The Balaban J connectivity index is 1.90. The third kappa shape index (κ3) is 5.44. The van der Waals surface area contributed by atoms with E-state index in [2.05, 4.69) is 9.69 Å².